The molecule has 3 aromatic heterocycles. The van der Waals surface area contributed by atoms with Crippen LogP contribution in [0.1, 0.15) is 74.1 Å². The van der Waals surface area contributed by atoms with Gasteiger partial charge in [-0.25, -0.2) is 4.98 Å². The molecule has 4 nitrogen and oxygen atoms in total. The molecule has 0 saturated heterocycles. The lowest BCUT2D eigenvalue weighted by atomic mass is 9.86. The number of para-hydroxylation sites is 1. The van der Waals surface area contributed by atoms with Crippen molar-refractivity contribution in [1.29, 1.82) is 0 Å². The van der Waals surface area contributed by atoms with Crippen molar-refractivity contribution in [2.45, 2.75) is 57.8 Å². The molecule has 0 radical (unpaired) electrons. The van der Waals surface area contributed by atoms with E-state index >= 15 is 0 Å². The minimum atomic E-state index is 0.351. The second-order valence-corrected chi connectivity index (χ2v) is 8.49. The quantitative estimate of drug-likeness (QED) is 0.374. The first-order valence-corrected chi connectivity index (χ1v) is 10.9. The maximum Gasteiger partial charge on any atom is 0.108 e. The van der Waals surface area contributed by atoms with Crippen molar-refractivity contribution >= 4 is 10.9 Å². The molecule has 2 unspecified atom stereocenters. The molecule has 0 aliphatic carbocycles. The van der Waals surface area contributed by atoms with Gasteiger partial charge in [-0.2, -0.15) is 0 Å². The third kappa shape index (κ3) is 4.59. The van der Waals surface area contributed by atoms with Crippen molar-refractivity contribution < 1.29 is 0 Å². The Hall–Kier alpha value is -3.01. The summed E-state index contributed by atoms with van der Waals surface area (Å²) >= 11 is 0. The average molecular weight is 399 g/mol. The highest BCUT2D eigenvalue weighted by Gasteiger charge is 2.20. The third-order valence-electron chi connectivity index (χ3n) is 5.89. The third-order valence-corrected chi connectivity index (χ3v) is 5.89. The van der Waals surface area contributed by atoms with Crippen LogP contribution < -0.4 is 0 Å². The summed E-state index contributed by atoms with van der Waals surface area (Å²) in [5.41, 5.74) is 4.77. The summed E-state index contributed by atoms with van der Waals surface area (Å²) in [4.78, 5) is 17.4. The predicted octanol–water partition coefficient (Wildman–Crippen LogP) is 6.39. The Morgan fingerprint density at radius 2 is 1.73 bits per heavy atom. The van der Waals surface area contributed by atoms with E-state index < -0.39 is 0 Å². The zero-order chi connectivity index (χ0) is 20.9. The minimum absolute atomic E-state index is 0.351. The largest absolute Gasteiger partial charge is 0.348 e. The van der Waals surface area contributed by atoms with Crippen LogP contribution in [0, 0.1) is 0 Å². The van der Waals surface area contributed by atoms with Crippen molar-refractivity contribution in [2.75, 3.05) is 0 Å². The summed E-state index contributed by atoms with van der Waals surface area (Å²) in [5, 5.41) is 1.21. The maximum absolute atomic E-state index is 5.02. The van der Waals surface area contributed by atoms with E-state index in [0.717, 1.165) is 36.3 Å². The second-order valence-electron chi connectivity index (χ2n) is 8.49. The molecule has 0 saturated carbocycles. The number of pyridine rings is 2. The number of nitrogens with zero attached hydrogens (tertiary/aromatic N) is 3. The molecule has 0 amide bonds. The number of hydrogen-bond donors (Lipinski definition) is 1. The summed E-state index contributed by atoms with van der Waals surface area (Å²) in [5.74, 6) is 2.19. The van der Waals surface area contributed by atoms with Crippen molar-refractivity contribution in [3.63, 3.8) is 0 Å². The van der Waals surface area contributed by atoms with Gasteiger partial charge in [-0.15, -0.1) is 0 Å². The Morgan fingerprint density at radius 3 is 2.47 bits per heavy atom. The Kier molecular flexibility index (Phi) is 6.22. The predicted molar refractivity (Wildman–Crippen MR) is 123 cm³/mol. The van der Waals surface area contributed by atoms with Gasteiger partial charge in [-0.05, 0) is 55.0 Å². The molecule has 0 spiro atoms. The van der Waals surface area contributed by atoms with E-state index in [1.807, 2.05) is 24.7 Å². The van der Waals surface area contributed by atoms with E-state index in [1.54, 1.807) is 0 Å². The number of H-pyrrole nitrogens is 1. The zero-order valence-electron chi connectivity index (χ0n) is 18.0. The van der Waals surface area contributed by atoms with Gasteiger partial charge >= 0.3 is 0 Å². The Labute approximate surface area is 178 Å². The van der Waals surface area contributed by atoms with Crippen LogP contribution in [0.2, 0.25) is 0 Å². The standard InChI is InChI=1S/C26H30N4/c1-18(2)25-22(16-20-8-4-5-10-24(20)30-25)17-21(23-9-6-7-13-27-23)12-11-19(3)26-28-14-15-29-26/h4-10,13-16,18-19,21H,11-12,17H2,1-3H3,(H,28,29). The molecule has 0 bridgehead atoms. The monoisotopic (exact) mass is 398 g/mol. The van der Waals surface area contributed by atoms with Crippen molar-refractivity contribution in [3.05, 3.63) is 89.9 Å². The highest BCUT2D eigenvalue weighted by atomic mass is 14.9. The van der Waals surface area contributed by atoms with Gasteiger partial charge in [0.05, 0.1) is 5.52 Å². The van der Waals surface area contributed by atoms with Crippen LogP contribution in [0.15, 0.2) is 67.1 Å². The number of benzene rings is 1. The van der Waals surface area contributed by atoms with Crippen LogP contribution in [0.25, 0.3) is 10.9 Å². The van der Waals surface area contributed by atoms with Gasteiger partial charge in [0.1, 0.15) is 5.82 Å². The fraction of sp³-hybridized carbons (Fsp3) is 0.346. The summed E-state index contributed by atoms with van der Waals surface area (Å²) in [6.07, 6.45) is 8.71. The number of nitrogens with one attached hydrogen (secondary N) is 1. The molecule has 0 aliphatic rings. The van der Waals surface area contributed by atoms with Crippen LogP contribution in [-0.2, 0) is 6.42 Å². The van der Waals surface area contributed by atoms with E-state index in [9.17, 15) is 0 Å². The fourth-order valence-corrected chi connectivity index (χ4v) is 4.21. The van der Waals surface area contributed by atoms with Gasteiger partial charge in [0, 0.05) is 47.2 Å². The number of imidazole rings is 1. The Morgan fingerprint density at radius 1 is 0.900 bits per heavy atom. The Bertz CT molecular complexity index is 1070. The van der Waals surface area contributed by atoms with Crippen LogP contribution in [0.4, 0.5) is 0 Å². The average Bonchev–Trinajstić information content (AvgIpc) is 3.31. The first-order chi connectivity index (χ1) is 14.6. The van der Waals surface area contributed by atoms with Crippen LogP contribution in [0.3, 0.4) is 0 Å². The lowest BCUT2D eigenvalue weighted by molar-refractivity contribution is 0.522. The highest BCUT2D eigenvalue weighted by molar-refractivity contribution is 5.79. The maximum atomic E-state index is 5.02. The van der Waals surface area contributed by atoms with Gasteiger partial charge in [-0.3, -0.25) is 9.97 Å². The Balaban J connectivity index is 1.63. The highest BCUT2D eigenvalue weighted by Crippen LogP contribution is 2.32. The molecule has 4 rings (SSSR count). The van der Waals surface area contributed by atoms with Gasteiger partial charge in [-0.1, -0.05) is 45.0 Å². The number of fused-ring (bicyclic) bond motifs is 1. The summed E-state index contributed by atoms with van der Waals surface area (Å²) in [6.45, 7) is 6.70. The van der Waals surface area contributed by atoms with E-state index in [1.165, 1.54) is 16.6 Å². The smallest absolute Gasteiger partial charge is 0.108 e. The van der Waals surface area contributed by atoms with E-state index in [4.69, 9.17) is 9.97 Å². The molecular formula is C26H30N4. The zero-order valence-corrected chi connectivity index (χ0v) is 18.0. The number of aromatic amines is 1. The molecule has 154 valence electrons. The van der Waals surface area contributed by atoms with Gasteiger partial charge in [0.2, 0.25) is 0 Å². The lowest BCUT2D eigenvalue weighted by Gasteiger charge is -2.21. The molecule has 3 heterocycles. The molecule has 0 aliphatic heterocycles. The van der Waals surface area contributed by atoms with Crippen LogP contribution in [0.5, 0.6) is 0 Å². The van der Waals surface area contributed by atoms with E-state index in [2.05, 4.69) is 73.2 Å². The lowest BCUT2D eigenvalue weighted by Crippen LogP contribution is -2.10. The van der Waals surface area contributed by atoms with Gasteiger partial charge in [0.15, 0.2) is 0 Å². The SMILES string of the molecule is CC(C)c1nc2ccccc2cc1CC(CCC(C)c1ncc[nH]1)c1ccccn1. The number of rotatable bonds is 8. The molecule has 4 heteroatoms. The summed E-state index contributed by atoms with van der Waals surface area (Å²) in [7, 11) is 0. The molecular weight excluding hydrogens is 368 g/mol. The van der Waals surface area contributed by atoms with Crippen molar-refractivity contribution in [3.8, 4) is 0 Å². The summed E-state index contributed by atoms with van der Waals surface area (Å²) < 4.78 is 0. The van der Waals surface area contributed by atoms with Crippen molar-refractivity contribution in [2.24, 2.45) is 0 Å². The van der Waals surface area contributed by atoms with Gasteiger partial charge in [0.25, 0.3) is 0 Å². The normalized spacial score (nSPS) is 13.6. The molecule has 0 fully saturated rings. The van der Waals surface area contributed by atoms with Gasteiger partial charge < -0.3 is 4.98 Å². The van der Waals surface area contributed by atoms with Crippen molar-refractivity contribution in [1.82, 2.24) is 19.9 Å². The first kappa shape index (κ1) is 20.3. The number of hydrogen-bond acceptors (Lipinski definition) is 3. The topological polar surface area (TPSA) is 54.5 Å². The van der Waals surface area contributed by atoms with Crippen LogP contribution >= 0.6 is 0 Å². The molecule has 4 aromatic rings. The molecule has 1 N–H and O–H groups in total. The first-order valence-electron chi connectivity index (χ1n) is 10.9. The number of aromatic nitrogens is 4. The minimum Gasteiger partial charge on any atom is -0.348 e. The van der Waals surface area contributed by atoms with E-state index in [0.29, 0.717) is 17.8 Å². The fourth-order valence-electron chi connectivity index (χ4n) is 4.21. The summed E-state index contributed by atoms with van der Waals surface area (Å²) in [6, 6.07) is 17.0. The second kappa shape index (κ2) is 9.21. The molecule has 1 aromatic carbocycles. The molecule has 2 atom stereocenters. The molecule has 30 heavy (non-hydrogen) atoms. The van der Waals surface area contributed by atoms with E-state index in [-0.39, 0.29) is 0 Å². The van der Waals surface area contributed by atoms with Crippen LogP contribution in [-0.4, -0.2) is 19.9 Å².